The Kier molecular flexibility index (Phi) is 8.06. The zero-order valence-corrected chi connectivity index (χ0v) is 12.2. The summed E-state index contributed by atoms with van der Waals surface area (Å²) in [4.78, 5) is 14.2. The molecule has 0 bridgehead atoms. The van der Waals surface area contributed by atoms with E-state index in [1.165, 1.54) is 32.1 Å². The number of rotatable bonds is 2. The highest BCUT2D eigenvalue weighted by Gasteiger charge is 2.14. The molecular weight excluding hydrogens is 224 g/mol. The molecule has 1 rings (SSSR count). The minimum atomic E-state index is 0.349. The van der Waals surface area contributed by atoms with E-state index in [0.717, 1.165) is 32.6 Å². The predicted octanol–water partition coefficient (Wildman–Crippen LogP) is 2.80. The van der Waals surface area contributed by atoms with E-state index in [1.807, 2.05) is 0 Å². The van der Waals surface area contributed by atoms with Crippen LogP contribution in [0.2, 0.25) is 0 Å². The lowest BCUT2D eigenvalue weighted by atomic mass is 10.1. The Balaban J connectivity index is 2.38. The van der Waals surface area contributed by atoms with Crippen LogP contribution in [-0.4, -0.2) is 37.0 Å². The van der Waals surface area contributed by atoms with Crippen LogP contribution in [0.3, 0.4) is 0 Å². The fourth-order valence-corrected chi connectivity index (χ4v) is 2.44. The van der Waals surface area contributed by atoms with Crippen LogP contribution < -0.4 is 5.32 Å². The van der Waals surface area contributed by atoms with Gasteiger partial charge in [-0.05, 0) is 38.3 Å². The van der Waals surface area contributed by atoms with E-state index in [4.69, 9.17) is 0 Å². The van der Waals surface area contributed by atoms with Gasteiger partial charge in [-0.3, -0.25) is 4.79 Å². The molecule has 1 heterocycles. The van der Waals surface area contributed by atoms with Crippen molar-refractivity contribution in [2.24, 2.45) is 5.92 Å². The second-order valence-electron chi connectivity index (χ2n) is 5.85. The molecule has 0 aliphatic carbocycles. The summed E-state index contributed by atoms with van der Waals surface area (Å²) in [6.45, 7) is 8.32. The average Bonchev–Trinajstić information content (AvgIpc) is 2.28. The maximum Gasteiger partial charge on any atom is 0.222 e. The maximum atomic E-state index is 12.1. The monoisotopic (exact) mass is 254 g/mol. The molecule has 1 N–H and O–H groups in total. The van der Waals surface area contributed by atoms with E-state index in [9.17, 15) is 4.79 Å². The van der Waals surface area contributed by atoms with E-state index >= 15 is 0 Å². The molecule has 1 fully saturated rings. The van der Waals surface area contributed by atoms with Crippen LogP contribution >= 0.6 is 0 Å². The first-order valence-corrected chi connectivity index (χ1v) is 7.68. The van der Waals surface area contributed by atoms with Crippen molar-refractivity contribution in [1.82, 2.24) is 10.2 Å². The molecule has 1 aliphatic heterocycles. The Morgan fingerprint density at radius 2 is 1.61 bits per heavy atom. The number of hydrogen-bond acceptors (Lipinski definition) is 2. The Labute approximate surface area is 112 Å². The summed E-state index contributed by atoms with van der Waals surface area (Å²) in [6, 6.07) is 0. The third-order valence-electron chi connectivity index (χ3n) is 3.50. The summed E-state index contributed by atoms with van der Waals surface area (Å²) in [7, 11) is 0. The fourth-order valence-electron chi connectivity index (χ4n) is 2.44. The van der Waals surface area contributed by atoms with Gasteiger partial charge in [0.1, 0.15) is 0 Å². The lowest BCUT2D eigenvalue weighted by Crippen LogP contribution is -2.35. The average molecular weight is 254 g/mol. The molecule has 106 valence electrons. The van der Waals surface area contributed by atoms with E-state index in [0.29, 0.717) is 18.2 Å². The number of nitrogens with one attached hydrogen (secondary N) is 1. The van der Waals surface area contributed by atoms with Crippen molar-refractivity contribution >= 4 is 5.91 Å². The van der Waals surface area contributed by atoms with Gasteiger partial charge in [-0.1, -0.05) is 33.1 Å². The van der Waals surface area contributed by atoms with Gasteiger partial charge in [0.25, 0.3) is 0 Å². The first-order chi connectivity index (χ1) is 8.70. The van der Waals surface area contributed by atoms with Crippen LogP contribution in [0.15, 0.2) is 0 Å². The van der Waals surface area contributed by atoms with Crippen LogP contribution in [0.1, 0.15) is 58.8 Å². The molecular formula is C15H30N2O. The van der Waals surface area contributed by atoms with Gasteiger partial charge in [0.2, 0.25) is 5.91 Å². The molecule has 0 aromatic rings. The quantitative estimate of drug-likeness (QED) is 0.822. The SMILES string of the molecule is CC(C)CC(=O)N1CCCCCCCNCCC1. The second-order valence-corrected chi connectivity index (χ2v) is 5.85. The fraction of sp³-hybridized carbons (Fsp3) is 0.933. The van der Waals surface area contributed by atoms with Gasteiger partial charge in [-0.2, -0.15) is 0 Å². The highest BCUT2D eigenvalue weighted by molar-refractivity contribution is 5.76. The number of hydrogen-bond donors (Lipinski definition) is 1. The second kappa shape index (κ2) is 9.37. The molecule has 0 radical (unpaired) electrons. The van der Waals surface area contributed by atoms with Crippen LogP contribution in [0, 0.1) is 5.92 Å². The van der Waals surface area contributed by atoms with E-state index < -0.39 is 0 Å². The van der Waals surface area contributed by atoms with Crippen molar-refractivity contribution in [1.29, 1.82) is 0 Å². The van der Waals surface area contributed by atoms with Crippen molar-refractivity contribution in [2.45, 2.75) is 58.8 Å². The minimum absolute atomic E-state index is 0.349. The topological polar surface area (TPSA) is 32.3 Å². The summed E-state index contributed by atoms with van der Waals surface area (Å²) in [5.41, 5.74) is 0. The van der Waals surface area contributed by atoms with Gasteiger partial charge in [-0.25, -0.2) is 0 Å². The Hall–Kier alpha value is -0.570. The summed E-state index contributed by atoms with van der Waals surface area (Å²) in [6.07, 6.45) is 8.18. The predicted molar refractivity (Wildman–Crippen MR) is 76.6 cm³/mol. The van der Waals surface area contributed by atoms with Crippen LogP contribution in [0.25, 0.3) is 0 Å². The van der Waals surface area contributed by atoms with E-state index in [2.05, 4.69) is 24.1 Å². The third-order valence-corrected chi connectivity index (χ3v) is 3.50. The smallest absolute Gasteiger partial charge is 0.222 e. The van der Waals surface area contributed by atoms with Crippen molar-refractivity contribution in [3.8, 4) is 0 Å². The zero-order valence-electron chi connectivity index (χ0n) is 12.2. The first-order valence-electron chi connectivity index (χ1n) is 7.68. The summed E-state index contributed by atoms with van der Waals surface area (Å²) in [5, 5.41) is 3.47. The van der Waals surface area contributed by atoms with Crippen LogP contribution in [0.5, 0.6) is 0 Å². The molecule has 1 amide bonds. The van der Waals surface area contributed by atoms with Crippen molar-refractivity contribution in [3.63, 3.8) is 0 Å². The molecule has 0 atom stereocenters. The Morgan fingerprint density at radius 3 is 2.39 bits per heavy atom. The summed E-state index contributed by atoms with van der Waals surface area (Å²) in [5.74, 6) is 0.819. The van der Waals surface area contributed by atoms with Crippen molar-refractivity contribution in [3.05, 3.63) is 0 Å². The number of carbonyl (C=O) groups is 1. The molecule has 3 nitrogen and oxygen atoms in total. The van der Waals surface area contributed by atoms with Crippen molar-refractivity contribution < 1.29 is 4.79 Å². The maximum absolute atomic E-state index is 12.1. The molecule has 1 aliphatic rings. The summed E-state index contributed by atoms with van der Waals surface area (Å²) < 4.78 is 0. The highest BCUT2D eigenvalue weighted by Crippen LogP contribution is 2.09. The van der Waals surface area contributed by atoms with Gasteiger partial charge >= 0.3 is 0 Å². The number of amides is 1. The molecule has 0 aromatic carbocycles. The van der Waals surface area contributed by atoms with Gasteiger partial charge in [-0.15, -0.1) is 0 Å². The van der Waals surface area contributed by atoms with Gasteiger partial charge in [0.05, 0.1) is 0 Å². The normalized spacial score (nSPS) is 20.3. The van der Waals surface area contributed by atoms with Gasteiger partial charge < -0.3 is 10.2 Å². The van der Waals surface area contributed by atoms with Crippen LogP contribution in [-0.2, 0) is 4.79 Å². The lowest BCUT2D eigenvalue weighted by Gasteiger charge is -2.24. The molecule has 3 heteroatoms. The molecule has 18 heavy (non-hydrogen) atoms. The zero-order chi connectivity index (χ0) is 13.2. The number of carbonyl (C=O) groups excluding carboxylic acids is 1. The molecule has 0 unspecified atom stereocenters. The number of nitrogens with zero attached hydrogens (tertiary/aromatic N) is 1. The largest absolute Gasteiger partial charge is 0.343 e. The lowest BCUT2D eigenvalue weighted by molar-refractivity contribution is -0.132. The highest BCUT2D eigenvalue weighted by atomic mass is 16.2. The van der Waals surface area contributed by atoms with Gasteiger partial charge in [0.15, 0.2) is 0 Å². The van der Waals surface area contributed by atoms with Crippen molar-refractivity contribution in [2.75, 3.05) is 26.2 Å². The minimum Gasteiger partial charge on any atom is -0.343 e. The molecule has 0 spiro atoms. The third kappa shape index (κ3) is 7.00. The standard InChI is InChI=1S/C15H30N2O/c1-14(2)13-15(18)17-11-7-5-3-4-6-9-16-10-8-12-17/h14,16H,3-13H2,1-2H3. The molecule has 0 saturated carbocycles. The first kappa shape index (κ1) is 15.5. The van der Waals surface area contributed by atoms with E-state index in [-0.39, 0.29) is 0 Å². The Bertz CT molecular complexity index is 217. The van der Waals surface area contributed by atoms with Gasteiger partial charge in [0, 0.05) is 19.5 Å². The van der Waals surface area contributed by atoms with Crippen LogP contribution in [0.4, 0.5) is 0 Å². The molecule has 0 aromatic heterocycles. The van der Waals surface area contributed by atoms with E-state index in [1.54, 1.807) is 0 Å². The summed E-state index contributed by atoms with van der Waals surface area (Å²) >= 11 is 0. The molecule has 1 saturated heterocycles. The Morgan fingerprint density at radius 1 is 1.00 bits per heavy atom.